The number of Topliss-reactive ketones (excluding diaryl/α,β-unsaturated/α-hetero) is 1. The highest BCUT2D eigenvalue weighted by Crippen LogP contribution is 2.22. The number of H-pyrrole nitrogens is 1. The maximum absolute atomic E-state index is 11.9. The number of ketones is 1. The topological polar surface area (TPSA) is 93.1 Å². The lowest BCUT2D eigenvalue weighted by molar-refractivity contribution is -0.380. The monoisotopic (exact) mass is 338 g/mol. The summed E-state index contributed by atoms with van der Waals surface area (Å²) < 4.78 is 0.876. The lowest BCUT2D eigenvalue weighted by atomic mass is 9.91. The molecule has 0 aromatic carbocycles. The molecule has 2 heterocycles. The number of rotatable bonds is 3. The molecular formula is C14H14N2O4S2. The molecule has 0 spiro atoms. The Morgan fingerprint density at radius 2 is 2.09 bits per heavy atom. The van der Waals surface area contributed by atoms with E-state index in [2.05, 4.69) is 4.98 Å². The molecule has 2 aromatic rings. The van der Waals surface area contributed by atoms with Crippen LogP contribution in [0.25, 0.3) is 12.2 Å². The van der Waals surface area contributed by atoms with Crippen LogP contribution in [-0.4, -0.2) is 15.7 Å². The molecule has 116 valence electrons. The van der Waals surface area contributed by atoms with Crippen LogP contribution in [0.3, 0.4) is 0 Å². The van der Waals surface area contributed by atoms with E-state index in [9.17, 15) is 19.7 Å². The van der Waals surface area contributed by atoms with Gasteiger partial charge >= 0.3 is 5.00 Å². The number of nitro groups is 1. The van der Waals surface area contributed by atoms with Gasteiger partial charge in [0.25, 0.3) is 5.56 Å². The number of thiazole rings is 1. The first-order valence-corrected chi connectivity index (χ1v) is 8.06. The third-order valence-corrected chi connectivity index (χ3v) is 4.63. The number of aromatic nitrogens is 1. The Morgan fingerprint density at radius 1 is 1.41 bits per heavy atom. The van der Waals surface area contributed by atoms with Gasteiger partial charge in [-0.2, -0.15) is 0 Å². The van der Waals surface area contributed by atoms with Gasteiger partial charge in [0.2, 0.25) is 0 Å². The van der Waals surface area contributed by atoms with E-state index in [1.54, 1.807) is 32.2 Å². The summed E-state index contributed by atoms with van der Waals surface area (Å²) in [4.78, 5) is 36.6. The van der Waals surface area contributed by atoms with Crippen LogP contribution in [0, 0.1) is 15.5 Å². The predicted octanol–water partition coefficient (Wildman–Crippen LogP) is 1.63. The fraction of sp³-hybridized carbons (Fsp3) is 0.286. The van der Waals surface area contributed by atoms with Crippen molar-refractivity contribution < 1.29 is 9.72 Å². The predicted molar refractivity (Wildman–Crippen MR) is 87.7 cm³/mol. The second-order valence-corrected chi connectivity index (χ2v) is 7.64. The molecule has 0 aliphatic rings. The maximum atomic E-state index is 11.9. The summed E-state index contributed by atoms with van der Waals surface area (Å²) in [6.07, 6.45) is 2.99. The number of nitrogens with one attached hydrogen (secondary N) is 1. The van der Waals surface area contributed by atoms with Crippen molar-refractivity contribution in [1.29, 1.82) is 0 Å². The van der Waals surface area contributed by atoms with Crippen molar-refractivity contribution in [1.82, 2.24) is 4.98 Å². The van der Waals surface area contributed by atoms with E-state index in [4.69, 9.17) is 0 Å². The molecule has 0 saturated carbocycles. The second-order valence-electron chi connectivity index (χ2n) is 5.66. The van der Waals surface area contributed by atoms with Crippen molar-refractivity contribution in [2.24, 2.45) is 5.41 Å². The zero-order valence-electron chi connectivity index (χ0n) is 12.2. The van der Waals surface area contributed by atoms with E-state index in [1.165, 1.54) is 12.1 Å². The summed E-state index contributed by atoms with van der Waals surface area (Å²) in [6, 6.07) is 1.41. The Morgan fingerprint density at radius 3 is 2.64 bits per heavy atom. The van der Waals surface area contributed by atoms with Gasteiger partial charge in [0.05, 0.1) is 14.1 Å². The third kappa shape index (κ3) is 3.77. The molecule has 0 aliphatic carbocycles. The average molecular weight is 338 g/mol. The molecule has 0 amide bonds. The van der Waals surface area contributed by atoms with Gasteiger partial charge in [-0.05, 0) is 11.6 Å². The van der Waals surface area contributed by atoms with Crippen LogP contribution in [0.1, 0.15) is 26.3 Å². The van der Waals surface area contributed by atoms with Crippen molar-refractivity contribution in [3.63, 3.8) is 0 Å². The van der Waals surface area contributed by atoms with Gasteiger partial charge in [-0.25, -0.2) is 0 Å². The van der Waals surface area contributed by atoms with Crippen molar-refractivity contribution in [2.75, 3.05) is 0 Å². The molecule has 0 saturated heterocycles. The number of nitrogens with zero attached hydrogens (tertiary/aromatic N) is 1. The van der Waals surface area contributed by atoms with Crippen LogP contribution in [0.15, 0.2) is 16.2 Å². The Balaban J connectivity index is 2.43. The van der Waals surface area contributed by atoms with E-state index in [-0.39, 0.29) is 16.3 Å². The molecule has 0 radical (unpaired) electrons. The molecule has 0 unspecified atom stereocenters. The van der Waals surface area contributed by atoms with E-state index in [0.717, 1.165) is 22.7 Å². The molecule has 2 rings (SSSR count). The Bertz CT molecular complexity index is 896. The van der Waals surface area contributed by atoms with Crippen LogP contribution in [0.2, 0.25) is 0 Å². The minimum atomic E-state index is -0.515. The average Bonchev–Trinajstić information content (AvgIpc) is 2.97. The summed E-state index contributed by atoms with van der Waals surface area (Å²) in [5.41, 5.74) is -0.233. The van der Waals surface area contributed by atoms with Gasteiger partial charge in [0, 0.05) is 22.9 Å². The third-order valence-electron chi connectivity index (χ3n) is 2.77. The molecule has 0 bridgehead atoms. The van der Waals surface area contributed by atoms with Crippen molar-refractivity contribution in [3.8, 4) is 0 Å². The fourth-order valence-corrected chi connectivity index (χ4v) is 3.09. The quantitative estimate of drug-likeness (QED) is 0.680. The van der Waals surface area contributed by atoms with Crippen LogP contribution in [0.4, 0.5) is 5.00 Å². The van der Waals surface area contributed by atoms with Gasteiger partial charge in [0.1, 0.15) is 0 Å². The fourth-order valence-electron chi connectivity index (χ4n) is 1.52. The van der Waals surface area contributed by atoms with Gasteiger partial charge in [-0.15, -0.1) is 11.3 Å². The molecule has 0 atom stereocenters. The molecule has 1 N–H and O–H groups in total. The summed E-state index contributed by atoms with van der Waals surface area (Å²) in [6.45, 7) is 5.40. The number of hydrogen-bond donors (Lipinski definition) is 1. The Hall–Kier alpha value is -2.06. The molecular weight excluding hydrogens is 324 g/mol. The van der Waals surface area contributed by atoms with Crippen LogP contribution >= 0.6 is 22.7 Å². The number of thiophene rings is 1. The van der Waals surface area contributed by atoms with Crippen LogP contribution < -0.4 is 14.8 Å². The van der Waals surface area contributed by atoms with Crippen LogP contribution in [-0.2, 0) is 4.79 Å². The smallest absolute Gasteiger partial charge is 0.313 e. The SMILES string of the molecule is CC(C)(C)C(=O)/C=c1\[nH]c(=O)/c(=C\c2csc([N+](=O)[O-])c2)s1. The van der Waals surface area contributed by atoms with Gasteiger partial charge < -0.3 is 4.98 Å². The Kier molecular flexibility index (Phi) is 4.43. The van der Waals surface area contributed by atoms with E-state index in [1.807, 2.05) is 0 Å². The summed E-state index contributed by atoms with van der Waals surface area (Å²) in [5, 5.41) is 12.3. The maximum Gasteiger partial charge on any atom is 0.324 e. The lowest BCUT2D eigenvalue weighted by Gasteiger charge is -2.12. The first-order chi connectivity index (χ1) is 10.2. The summed E-state index contributed by atoms with van der Waals surface area (Å²) >= 11 is 2.15. The highest BCUT2D eigenvalue weighted by Gasteiger charge is 2.18. The zero-order valence-corrected chi connectivity index (χ0v) is 13.8. The zero-order chi connectivity index (χ0) is 16.5. The molecule has 0 fully saturated rings. The van der Waals surface area contributed by atoms with E-state index >= 15 is 0 Å². The Labute approximate surface area is 133 Å². The minimum absolute atomic E-state index is 0.0222. The van der Waals surface area contributed by atoms with Crippen molar-refractivity contribution in [3.05, 3.63) is 46.7 Å². The van der Waals surface area contributed by atoms with Gasteiger partial charge in [-0.3, -0.25) is 19.7 Å². The van der Waals surface area contributed by atoms with Gasteiger partial charge in [-0.1, -0.05) is 32.1 Å². The van der Waals surface area contributed by atoms with E-state index < -0.39 is 10.3 Å². The molecule has 22 heavy (non-hydrogen) atoms. The lowest BCUT2D eigenvalue weighted by Crippen LogP contribution is -2.22. The second kappa shape index (κ2) is 5.98. The molecule has 0 aliphatic heterocycles. The molecule has 6 nitrogen and oxygen atoms in total. The van der Waals surface area contributed by atoms with Crippen LogP contribution in [0.5, 0.6) is 0 Å². The van der Waals surface area contributed by atoms with Crippen molar-refractivity contribution >= 4 is 45.6 Å². The minimum Gasteiger partial charge on any atom is -0.313 e. The summed E-state index contributed by atoms with van der Waals surface area (Å²) in [7, 11) is 0. The van der Waals surface area contributed by atoms with E-state index in [0.29, 0.717) is 14.8 Å². The van der Waals surface area contributed by atoms with Crippen molar-refractivity contribution in [2.45, 2.75) is 20.8 Å². The number of aromatic amines is 1. The number of carbonyl (C=O) groups is 1. The highest BCUT2D eigenvalue weighted by molar-refractivity contribution is 7.13. The largest absolute Gasteiger partial charge is 0.324 e. The summed E-state index contributed by atoms with van der Waals surface area (Å²) in [5.74, 6) is -0.0808. The number of hydrogen-bond acceptors (Lipinski definition) is 6. The molecule has 8 heteroatoms. The first-order valence-electron chi connectivity index (χ1n) is 6.37. The standard InChI is InChI=1S/C14H14N2O4S2/c1-14(2,3)10(17)6-11-15-13(18)9(22-11)4-8-5-12(16(19)20)21-7-8/h4-7H,1-3H3,(H,15,18)/b9-4+,11-6+. The first kappa shape index (κ1) is 16.3. The highest BCUT2D eigenvalue weighted by atomic mass is 32.1. The van der Waals surface area contributed by atoms with Gasteiger partial charge in [0.15, 0.2) is 5.78 Å². The number of carbonyl (C=O) groups excluding carboxylic acids is 1. The normalized spacial score (nSPS) is 13.6. The molecule has 2 aromatic heterocycles.